The predicted molar refractivity (Wildman–Crippen MR) is 153 cm³/mol. The fraction of sp³-hybridized carbons (Fsp3) is 0.269. The maximum absolute atomic E-state index is 13.0. The third-order valence-corrected chi connectivity index (χ3v) is 8.74. The van der Waals surface area contributed by atoms with Crippen molar-refractivity contribution < 1.29 is 22.8 Å². The number of non-ortho nitro benzene ring substituents is 1. The summed E-state index contributed by atoms with van der Waals surface area (Å²) in [6.45, 7) is 4.28. The van der Waals surface area contributed by atoms with Gasteiger partial charge in [0.15, 0.2) is 32.4 Å². The summed E-state index contributed by atoms with van der Waals surface area (Å²) in [6, 6.07) is 13.8. The van der Waals surface area contributed by atoms with Gasteiger partial charge in [0.25, 0.3) is 5.69 Å². The predicted octanol–water partition coefficient (Wildman–Crippen LogP) is 4.13. The molecule has 0 spiro atoms. The summed E-state index contributed by atoms with van der Waals surface area (Å²) in [5.74, 6) is 1.74. The Morgan fingerprint density at radius 2 is 1.90 bits per heavy atom. The molecule has 0 amide bonds. The minimum absolute atomic E-state index is 0.106. The fourth-order valence-electron chi connectivity index (χ4n) is 4.21. The Morgan fingerprint density at radius 3 is 2.56 bits per heavy atom. The lowest BCUT2D eigenvalue weighted by molar-refractivity contribution is -0.384. The lowest BCUT2D eigenvalue weighted by atomic mass is 10.2. The van der Waals surface area contributed by atoms with Crippen LogP contribution >= 0.6 is 11.8 Å². The highest BCUT2D eigenvalue weighted by Crippen LogP contribution is 2.38. The van der Waals surface area contributed by atoms with Gasteiger partial charge < -0.3 is 19.7 Å². The number of morpholine rings is 1. The van der Waals surface area contributed by atoms with Gasteiger partial charge in [0, 0.05) is 41.9 Å². The van der Waals surface area contributed by atoms with Crippen molar-refractivity contribution in [1.82, 2.24) is 20.2 Å². The molecule has 3 heterocycles. The number of aromatic nitrogens is 4. The van der Waals surface area contributed by atoms with E-state index in [1.54, 1.807) is 25.3 Å². The first-order chi connectivity index (χ1) is 19.7. The molecule has 15 heteroatoms. The van der Waals surface area contributed by atoms with E-state index >= 15 is 0 Å². The Balaban J connectivity index is 1.40. The number of nitro benzene ring substituents is 1. The first-order valence-corrected chi connectivity index (χ1v) is 15.0. The molecule has 0 unspecified atom stereocenters. The number of anilines is 3. The maximum Gasteiger partial charge on any atom is 0.269 e. The van der Waals surface area contributed by atoms with Gasteiger partial charge in [-0.1, -0.05) is 12.1 Å². The lowest BCUT2D eigenvalue weighted by Crippen LogP contribution is -2.37. The number of rotatable bonds is 10. The van der Waals surface area contributed by atoms with Gasteiger partial charge in [0.05, 0.1) is 35.9 Å². The molecule has 1 saturated heterocycles. The molecule has 0 atom stereocenters. The van der Waals surface area contributed by atoms with Crippen LogP contribution in [0.5, 0.6) is 5.75 Å². The number of methoxy groups -OCH3 is 1. The molecule has 2 aromatic carbocycles. The Morgan fingerprint density at radius 1 is 1.15 bits per heavy atom. The van der Waals surface area contributed by atoms with Crippen LogP contribution in [0, 0.1) is 17.0 Å². The zero-order valence-corrected chi connectivity index (χ0v) is 23.9. The second-order valence-corrected chi connectivity index (χ2v) is 12.2. The number of benzene rings is 2. The van der Waals surface area contributed by atoms with Crippen LogP contribution in [0.1, 0.15) is 11.3 Å². The van der Waals surface area contributed by atoms with E-state index in [-0.39, 0.29) is 16.3 Å². The van der Waals surface area contributed by atoms with Crippen LogP contribution in [-0.4, -0.2) is 66.9 Å². The number of hydrogen-bond acceptors (Lipinski definition) is 12. The smallest absolute Gasteiger partial charge is 0.269 e. The number of nitro groups is 1. The lowest BCUT2D eigenvalue weighted by Gasteiger charge is -2.29. The number of nitrogens with zero attached hydrogens (tertiary/aromatic N) is 5. The molecular formula is C26H27N7O6S2. The van der Waals surface area contributed by atoms with Crippen LogP contribution in [0.2, 0.25) is 0 Å². The number of sulfone groups is 1. The van der Waals surface area contributed by atoms with Crippen LogP contribution in [0.15, 0.2) is 69.5 Å². The normalized spacial score (nSPS) is 13.7. The largest absolute Gasteiger partial charge is 0.490 e. The van der Waals surface area contributed by atoms with Crippen LogP contribution in [0.3, 0.4) is 0 Å². The molecular weight excluding hydrogens is 570 g/mol. The first kappa shape index (κ1) is 28.3. The molecule has 0 aliphatic carbocycles. The van der Waals surface area contributed by atoms with Crippen molar-refractivity contribution in [2.75, 3.05) is 43.6 Å². The van der Waals surface area contributed by atoms with Crippen molar-refractivity contribution >= 4 is 44.7 Å². The number of aryl methyl sites for hydroxylation is 1. The van der Waals surface area contributed by atoms with Crippen molar-refractivity contribution in [3.63, 3.8) is 0 Å². The van der Waals surface area contributed by atoms with E-state index in [9.17, 15) is 18.5 Å². The molecule has 0 bridgehead atoms. The molecule has 1 fully saturated rings. The van der Waals surface area contributed by atoms with Gasteiger partial charge in [-0.25, -0.2) is 18.4 Å². The van der Waals surface area contributed by atoms with Gasteiger partial charge in [-0.05, 0) is 48.5 Å². The van der Waals surface area contributed by atoms with Gasteiger partial charge in [-0.2, -0.15) is 5.10 Å². The van der Waals surface area contributed by atoms with E-state index in [1.165, 1.54) is 42.1 Å². The zero-order chi connectivity index (χ0) is 29.0. The van der Waals surface area contributed by atoms with Gasteiger partial charge in [0.2, 0.25) is 5.75 Å². The third kappa shape index (κ3) is 6.75. The van der Waals surface area contributed by atoms with Crippen molar-refractivity contribution in [2.45, 2.75) is 27.6 Å². The molecule has 13 nitrogen and oxygen atoms in total. The molecule has 0 radical (unpaired) electrons. The molecule has 41 heavy (non-hydrogen) atoms. The minimum Gasteiger partial charge on any atom is -0.490 e. The van der Waals surface area contributed by atoms with Gasteiger partial charge >= 0.3 is 0 Å². The summed E-state index contributed by atoms with van der Waals surface area (Å²) in [5, 5.41) is 21.8. The Bertz CT molecular complexity index is 1660. The summed E-state index contributed by atoms with van der Waals surface area (Å²) < 4.78 is 37.2. The molecule has 1 aliphatic heterocycles. The average molecular weight is 598 g/mol. The van der Waals surface area contributed by atoms with Crippen LogP contribution in [0.4, 0.5) is 23.1 Å². The van der Waals surface area contributed by atoms with E-state index in [0.717, 1.165) is 10.6 Å². The summed E-state index contributed by atoms with van der Waals surface area (Å²) in [5.41, 5.74) is 1.06. The molecule has 2 aromatic heterocycles. The summed E-state index contributed by atoms with van der Waals surface area (Å²) in [6.07, 6.45) is 0. The number of H-pyrrole nitrogens is 1. The summed E-state index contributed by atoms with van der Waals surface area (Å²) in [7, 11) is -2.17. The Kier molecular flexibility index (Phi) is 8.37. The topological polar surface area (TPSA) is 165 Å². The number of ether oxygens (including phenoxy) is 2. The van der Waals surface area contributed by atoms with Gasteiger partial charge in [0.1, 0.15) is 0 Å². The molecule has 5 rings (SSSR count). The molecule has 0 saturated carbocycles. The Hall–Kier alpha value is -4.21. The number of aromatic amines is 1. The highest BCUT2D eigenvalue weighted by atomic mass is 32.2. The Labute approximate surface area is 240 Å². The standard InChI is InChI=1S/C26H27N7O6S2/c1-17-14-22(31-30-17)27-24-23(38-2)25(32-10-12-39-13-11-32)29-26(28-24)40-20-6-8-21(9-7-20)41(36,37)16-18-4-3-5-19(15-18)33(34)35/h3-9,14-15H,10-13,16H2,1-2H3,(H2,27,28,29,30,31). The minimum atomic E-state index is -3.73. The maximum atomic E-state index is 13.0. The van der Waals surface area contributed by atoms with Crippen LogP contribution in [-0.2, 0) is 20.3 Å². The highest BCUT2D eigenvalue weighted by molar-refractivity contribution is 7.99. The van der Waals surface area contributed by atoms with Crippen LogP contribution < -0.4 is 15.0 Å². The number of hydrogen-bond donors (Lipinski definition) is 2. The van der Waals surface area contributed by atoms with Crippen molar-refractivity contribution in [2.24, 2.45) is 0 Å². The van der Waals surface area contributed by atoms with E-state index in [2.05, 4.69) is 25.4 Å². The van der Waals surface area contributed by atoms with E-state index in [0.29, 0.717) is 60.2 Å². The molecule has 1 aliphatic rings. The quantitative estimate of drug-likeness (QED) is 0.153. The SMILES string of the molecule is COc1c(Nc2cc(C)[nH]n2)nc(Sc2ccc(S(=O)(=O)Cc3cccc([N+](=O)[O-])c3)cc2)nc1N1CCOCC1. The van der Waals surface area contributed by atoms with Gasteiger partial charge in [-0.3, -0.25) is 15.2 Å². The zero-order valence-electron chi connectivity index (χ0n) is 22.2. The van der Waals surface area contributed by atoms with Crippen molar-refractivity contribution in [3.8, 4) is 5.75 Å². The van der Waals surface area contributed by atoms with E-state index in [4.69, 9.17) is 14.5 Å². The van der Waals surface area contributed by atoms with Crippen molar-refractivity contribution in [1.29, 1.82) is 0 Å². The fourth-order valence-corrected chi connectivity index (χ4v) is 6.30. The molecule has 214 valence electrons. The second kappa shape index (κ2) is 12.1. The summed E-state index contributed by atoms with van der Waals surface area (Å²) in [4.78, 5) is 22.9. The van der Waals surface area contributed by atoms with Crippen molar-refractivity contribution in [3.05, 3.63) is 76.0 Å². The monoisotopic (exact) mass is 597 g/mol. The third-order valence-electron chi connectivity index (χ3n) is 6.16. The summed E-state index contributed by atoms with van der Waals surface area (Å²) >= 11 is 1.27. The van der Waals surface area contributed by atoms with Gasteiger partial charge in [-0.15, -0.1) is 0 Å². The number of nitrogens with one attached hydrogen (secondary N) is 2. The second-order valence-electron chi connectivity index (χ2n) is 9.13. The molecule has 4 aromatic rings. The van der Waals surface area contributed by atoms with E-state index in [1.807, 2.05) is 13.0 Å². The van der Waals surface area contributed by atoms with E-state index < -0.39 is 14.8 Å². The molecule has 2 N–H and O–H groups in total. The average Bonchev–Trinajstić information content (AvgIpc) is 3.37. The first-order valence-electron chi connectivity index (χ1n) is 12.5. The highest BCUT2D eigenvalue weighted by Gasteiger charge is 2.24. The van der Waals surface area contributed by atoms with Crippen LogP contribution in [0.25, 0.3) is 0 Å².